The van der Waals surface area contributed by atoms with Crippen LogP contribution in [0, 0.1) is 22.0 Å². The number of nitro groups is 1. The Hall–Kier alpha value is -1.29. The highest BCUT2D eigenvalue weighted by atomic mass is 35.5. The standard InChI is InChI=1S/C14H19ClN2O2/c1-9-5-10(2)7-11(6-9)16-14-8-12(17(18)19)3-4-13(14)15/h3-4,8-11,16H,5-7H2,1-2H3. The van der Waals surface area contributed by atoms with Crippen LogP contribution in [0.15, 0.2) is 18.2 Å². The molecule has 5 heteroatoms. The van der Waals surface area contributed by atoms with E-state index < -0.39 is 4.92 Å². The summed E-state index contributed by atoms with van der Waals surface area (Å²) in [5.41, 5.74) is 0.742. The second-order valence-electron chi connectivity index (χ2n) is 5.68. The van der Waals surface area contributed by atoms with E-state index in [0.29, 0.717) is 28.6 Å². The van der Waals surface area contributed by atoms with E-state index in [0.717, 1.165) is 12.8 Å². The average molecular weight is 283 g/mol. The molecular weight excluding hydrogens is 264 g/mol. The van der Waals surface area contributed by atoms with Gasteiger partial charge < -0.3 is 5.32 Å². The topological polar surface area (TPSA) is 55.2 Å². The molecule has 2 atom stereocenters. The van der Waals surface area contributed by atoms with Gasteiger partial charge in [-0.05, 0) is 37.2 Å². The lowest BCUT2D eigenvalue weighted by Gasteiger charge is -2.32. The van der Waals surface area contributed by atoms with Gasteiger partial charge in [0.1, 0.15) is 0 Å². The number of nitro benzene ring substituents is 1. The second-order valence-corrected chi connectivity index (χ2v) is 6.09. The molecule has 0 aliphatic heterocycles. The first-order valence-electron chi connectivity index (χ1n) is 6.66. The Kier molecular flexibility index (Phi) is 4.30. The predicted molar refractivity (Wildman–Crippen MR) is 77.7 cm³/mol. The van der Waals surface area contributed by atoms with E-state index in [4.69, 9.17) is 11.6 Å². The molecule has 0 radical (unpaired) electrons. The first-order valence-corrected chi connectivity index (χ1v) is 7.04. The molecule has 1 aromatic rings. The van der Waals surface area contributed by atoms with Crippen molar-refractivity contribution in [3.63, 3.8) is 0 Å². The van der Waals surface area contributed by atoms with Gasteiger partial charge >= 0.3 is 0 Å². The highest BCUT2D eigenvalue weighted by Crippen LogP contribution is 2.33. The molecule has 0 aromatic heterocycles. The van der Waals surface area contributed by atoms with Crippen LogP contribution in [0.2, 0.25) is 5.02 Å². The van der Waals surface area contributed by atoms with Gasteiger partial charge in [0, 0.05) is 18.2 Å². The number of hydrogen-bond donors (Lipinski definition) is 1. The molecule has 1 aliphatic rings. The van der Waals surface area contributed by atoms with Crippen LogP contribution < -0.4 is 5.32 Å². The van der Waals surface area contributed by atoms with Crippen LogP contribution in [0.4, 0.5) is 11.4 Å². The highest BCUT2D eigenvalue weighted by Gasteiger charge is 2.24. The van der Waals surface area contributed by atoms with E-state index in [1.165, 1.54) is 18.6 Å². The Bertz CT molecular complexity index is 469. The number of non-ortho nitro benzene ring substituents is 1. The number of hydrogen-bond acceptors (Lipinski definition) is 3. The summed E-state index contributed by atoms with van der Waals surface area (Å²) in [6.45, 7) is 4.50. The molecule has 1 saturated carbocycles. The van der Waals surface area contributed by atoms with Crippen molar-refractivity contribution in [3.8, 4) is 0 Å². The summed E-state index contributed by atoms with van der Waals surface area (Å²) < 4.78 is 0. The Morgan fingerprint density at radius 3 is 2.47 bits per heavy atom. The zero-order valence-electron chi connectivity index (χ0n) is 11.2. The van der Waals surface area contributed by atoms with Crippen molar-refractivity contribution < 1.29 is 4.92 Å². The van der Waals surface area contributed by atoms with Gasteiger partial charge in [-0.25, -0.2) is 0 Å². The minimum atomic E-state index is -0.395. The van der Waals surface area contributed by atoms with Crippen LogP contribution in [0.25, 0.3) is 0 Å². The molecule has 1 fully saturated rings. The van der Waals surface area contributed by atoms with Gasteiger partial charge in [-0.15, -0.1) is 0 Å². The van der Waals surface area contributed by atoms with Crippen molar-refractivity contribution in [2.45, 2.75) is 39.2 Å². The quantitative estimate of drug-likeness (QED) is 0.657. The van der Waals surface area contributed by atoms with Crippen molar-refractivity contribution >= 4 is 23.0 Å². The molecule has 1 N–H and O–H groups in total. The fourth-order valence-corrected chi connectivity index (χ4v) is 3.19. The maximum atomic E-state index is 10.8. The van der Waals surface area contributed by atoms with Crippen molar-refractivity contribution in [1.82, 2.24) is 0 Å². The third kappa shape index (κ3) is 3.60. The lowest BCUT2D eigenvalue weighted by Crippen LogP contribution is -2.30. The summed E-state index contributed by atoms with van der Waals surface area (Å²) in [6.07, 6.45) is 3.42. The fourth-order valence-electron chi connectivity index (χ4n) is 3.02. The largest absolute Gasteiger partial charge is 0.381 e. The molecular formula is C14H19ClN2O2. The lowest BCUT2D eigenvalue weighted by atomic mass is 9.80. The van der Waals surface area contributed by atoms with E-state index in [2.05, 4.69) is 19.2 Å². The Morgan fingerprint density at radius 1 is 1.26 bits per heavy atom. The zero-order valence-corrected chi connectivity index (χ0v) is 12.0. The first kappa shape index (κ1) is 14.1. The van der Waals surface area contributed by atoms with Crippen LogP contribution in [0.5, 0.6) is 0 Å². The molecule has 104 valence electrons. The van der Waals surface area contributed by atoms with E-state index in [9.17, 15) is 10.1 Å². The van der Waals surface area contributed by atoms with Crippen molar-refractivity contribution in [3.05, 3.63) is 33.3 Å². The van der Waals surface area contributed by atoms with E-state index in [1.54, 1.807) is 6.07 Å². The Morgan fingerprint density at radius 2 is 1.89 bits per heavy atom. The van der Waals surface area contributed by atoms with Gasteiger partial charge in [-0.2, -0.15) is 0 Å². The fraction of sp³-hybridized carbons (Fsp3) is 0.571. The molecule has 2 rings (SSSR count). The molecule has 0 amide bonds. The molecule has 0 saturated heterocycles. The number of nitrogens with zero attached hydrogens (tertiary/aromatic N) is 1. The zero-order chi connectivity index (χ0) is 14.0. The SMILES string of the molecule is CC1CC(C)CC(Nc2cc([N+](=O)[O-])ccc2Cl)C1. The van der Waals surface area contributed by atoms with Crippen LogP contribution in [0.1, 0.15) is 33.1 Å². The van der Waals surface area contributed by atoms with Gasteiger partial charge in [0.15, 0.2) is 0 Å². The van der Waals surface area contributed by atoms with Crippen molar-refractivity contribution in [2.24, 2.45) is 11.8 Å². The summed E-state index contributed by atoms with van der Waals surface area (Å²) in [7, 11) is 0. The Balaban J connectivity index is 2.13. The molecule has 2 unspecified atom stereocenters. The smallest absolute Gasteiger partial charge is 0.271 e. The predicted octanol–water partition coefficient (Wildman–Crippen LogP) is 4.48. The number of rotatable bonds is 3. The van der Waals surface area contributed by atoms with Crippen LogP contribution >= 0.6 is 11.6 Å². The normalized spacial score (nSPS) is 27.0. The molecule has 0 spiro atoms. The number of nitrogens with one attached hydrogen (secondary N) is 1. The van der Waals surface area contributed by atoms with Crippen molar-refractivity contribution in [1.29, 1.82) is 0 Å². The van der Waals surface area contributed by atoms with Gasteiger partial charge in [0.25, 0.3) is 5.69 Å². The summed E-state index contributed by atoms with van der Waals surface area (Å²) in [6, 6.07) is 4.88. The van der Waals surface area contributed by atoms with Crippen LogP contribution in [-0.4, -0.2) is 11.0 Å². The van der Waals surface area contributed by atoms with Crippen LogP contribution in [0.3, 0.4) is 0 Å². The lowest BCUT2D eigenvalue weighted by molar-refractivity contribution is -0.384. The summed E-state index contributed by atoms with van der Waals surface area (Å²) in [4.78, 5) is 10.4. The van der Waals surface area contributed by atoms with E-state index in [-0.39, 0.29) is 5.69 Å². The van der Waals surface area contributed by atoms with Crippen LogP contribution in [-0.2, 0) is 0 Å². The monoisotopic (exact) mass is 282 g/mol. The number of benzene rings is 1. The molecule has 1 aliphatic carbocycles. The maximum Gasteiger partial charge on any atom is 0.271 e. The molecule has 4 nitrogen and oxygen atoms in total. The van der Waals surface area contributed by atoms with E-state index >= 15 is 0 Å². The summed E-state index contributed by atoms with van der Waals surface area (Å²) in [5.74, 6) is 1.36. The average Bonchev–Trinajstić information content (AvgIpc) is 2.30. The van der Waals surface area contributed by atoms with Gasteiger partial charge in [-0.3, -0.25) is 10.1 Å². The van der Waals surface area contributed by atoms with Crippen molar-refractivity contribution in [2.75, 3.05) is 5.32 Å². The molecule has 0 bridgehead atoms. The maximum absolute atomic E-state index is 10.8. The Labute approximate surface area is 118 Å². The third-order valence-corrected chi connectivity index (χ3v) is 4.03. The number of halogens is 1. The highest BCUT2D eigenvalue weighted by molar-refractivity contribution is 6.33. The number of anilines is 1. The van der Waals surface area contributed by atoms with Gasteiger partial charge in [0.05, 0.1) is 15.6 Å². The minimum Gasteiger partial charge on any atom is -0.381 e. The first-order chi connectivity index (χ1) is 8.95. The second kappa shape index (κ2) is 5.78. The summed E-state index contributed by atoms with van der Waals surface area (Å²) >= 11 is 6.11. The van der Waals surface area contributed by atoms with E-state index in [1.807, 2.05) is 0 Å². The minimum absolute atomic E-state index is 0.0730. The molecule has 19 heavy (non-hydrogen) atoms. The van der Waals surface area contributed by atoms with Gasteiger partial charge in [-0.1, -0.05) is 25.4 Å². The molecule has 0 heterocycles. The third-order valence-electron chi connectivity index (χ3n) is 3.70. The molecule has 1 aromatic carbocycles. The summed E-state index contributed by atoms with van der Waals surface area (Å²) in [5, 5.41) is 14.7. The van der Waals surface area contributed by atoms with Gasteiger partial charge in [0.2, 0.25) is 0 Å².